The highest BCUT2D eigenvalue weighted by Gasteiger charge is 2.47. The van der Waals surface area contributed by atoms with Crippen molar-refractivity contribution in [2.45, 2.75) is 38.6 Å². The average Bonchev–Trinajstić information content (AvgIpc) is 3.37. The predicted octanol–water partition coefficient (Wildman–Crippen LogP) is 4.32. The van der Waals surface area contributed by atoms with E-state index in [4.69, 9.17) is 4.98 Å². The second kappa shape index (κ2) is 8.09. The van der Waals surface area contributed by atoms with Crippen molar-refractivity contribution in [3.8, 4) is 11.4 Å². The van der Waals surface area contributed by atoms with Crippen molar-refractivity contribution in [2.75, 3.05) is 5.32 Å². The molecule has 0 aliphatic heterocycles. The van der Waals surface area contributed by atoms with Crippen LogP contribution in [-0.2, 0) is 11.8 Å². The number of aryl methyl sites for hydroxylation is 1. The van der Waals surface area contributed by atoms with Gasteiger partial charge in [0.25, 0.3) is 0 Å². The first-order valence-electron chi connectivity index (χ1n) is 11.1. The van der Waals surface area contributed by atoms with Crippen LogP contribution in [0.5, 0.6) is 0 Å². The molecule has 0 aromatic carbocycles. The Bertz CT molecular complexity index is 1270. The maximum Gasteiger partial charge on any atom is 0.308 e. The first kappa shape index (κ1) is 21.3. The molecular weight excluding hydrogens is 425 g/mol. The first-order chi connectivity index (χ1) is 15.9. The summed E-state index contributed by atoms with van der Waals surface area (Å²) in [6.45, 7) is 4.90. The number of H-pyrrole nitrogens is 1. The maximum absolute atomic E-state index is 13.8. The summed E-state index contributed by atoms with van der Waals surface area (Å²) in [5, 5.41) is 18.5. The summed E-state index contributed by atoms with van der Waals surface area (Å²) in [5.41, 5.74) is 1.66. The number of hydrogen-bond acceptors (Lipinski definition) is 6. The van der Waals surface area contributed by atoms with Gasteiger partial charge in [-0.1, -0.05) is 0 Å². The van der Waals surface area contributed by atoms with E-state index in [1.54, 1.807) is 24.1 Å². The van der Waals surface area contributed by atoms with Crippen molar-refractivity contribution < 1.29 is 14.3 Å². The summed E-state index contributed by atoms with van der Waals surface area (Å²) < 4.78 is 15.4. The topological polar surface area (TPSA) is 121 Å². The summed E-state index contributed by atoms with van der Waals surface area (Å²) in [7, 11) is 1.78. The Hall–Kier alpha value is -3.56. The monoisotopic (exact) mass is 451 g/mol. The quantitative estimate of drug-likeness (QED) is 0.480. The number of aliphatic carboxylic acids is 1. The number of aromatic amines is 1. The number of carboxylic acid groups (broad SMARTS) is 1. The van der Waals surface area contributed by atoms with E-state index in [9.17, 15) is 14.3 Å². The van der Waals surface area contributed by atoms with Gasteiger partial charge < -0.3 is 15.4 Å². The van der Waals surface area contributed by atoms with Crippen LogP contribution in [0.3, 0.4) is 0 Å². The summed E-state index contributed by atoms with van der Waals surface area (Å²) in [6, 6.07) is -0.217. The fraction of sp³-hybridized carbons (Fsp3) is 0.435. The van der Waals surface area contributed by atoms with Gasteiger partial charge >= 0.3 is 5.97 Å². The second-order valence-electron chi connectivity index (χ2n) is 8.96. The minimum absolute atomic E-state index is 0.172. The van der Waals surface area contributed by atoms with Crippen LogP contribution in [0.4, 0.5) is 16.0 Å². The highest BCUT2D eigenvalue weighted by Crippen LogP contribution is 2.46. The summed E-state index contributed by atoms with van der Waals surface area (Å²) in [6.07, 6.45) is 8.64. The molecule has 172 valence electrons. The number of rotatable bonds is 6. The van der Waals surface area contributed by atoms with Gasteiger partial charge in [0.1, 0.15) is 11.6 Å². The van der Waals surface area contributed by atoms with Crippen LogP contribution in [-0.4, -0.2) is 48.6 Å². The molecule has 9 nitrogen and oxygen atoms in total. The molecular formula is C23H26FN7O2. The zero-order chi connectivity index (χ0) is 23.3. The second-order valence-corrected chi connectivity index (χ2v) is 8.96. The standard InChI is InChI=1S/C23H26FN7O2/c1-11(24)8-14-15(9-26-19(14)25-2)20-29-21(16-10-27-31(3)22(16)30-20)28-18-13-6-4-12(5-7-13)17(18)23(32)33/h8-10,12-13,17-18,26H,2,4-7H2,1,3H3,(H,32,33)(H,28,29,30)/b11-8+. The van der Waals surface area contributed by atoms with Crippen LogP contribution >= 0.6 is 0 Å². The van der Waals surface area contributed by atoms with Gasteiger partial charge in [0, 0.05) is 30.4 Å². The molecule has 0 radical (unpaired) electrons. The third kappa shape index (κ3) is 3.59. The largest absolute Gasteiger partial charge is 0.481 e. The van der Waals surface area contributed by atoms with Crippen molar-refractivity contribution in [2.24, 2.45) is 29.8 Å². The lowest BCUT2D eigenvalue weighted by molar-refractivity contribution is -0.148. The number of hydrogen-bond donors (Lipinski definition) is 3. The molecule has 33 heavy (non-hydrogen) atoms. The molecule has 3 aromatic rings. The predicted molar refractivity (Wildman–Crippen MR) is 124 cm³/mol. The lowest BCUT2D eigenvalue weighted by atomic mass is 9.61. The van der Waals surface area contributed by atoms with Crippen molar-refractivity contribution >= 4 is 41.4 Å². The third-order valence-corrected chi connectivity index (χ3v) is 7.04. The van der Waals surface area contributed by atoms with Gasteiger partial charge in [-0.05, 0) is 57.2 Å². The fourth-order valence-electron chi connectivity index (χ4n) is 5.51. The number of allylic oxidation sites excluding steroid dienone is 1. The Labute approximate surface area is 189 Å². The first-order valence-corrected chi connectivity index (χ1v) is 11.1. The molecule has 10 heteroatoms. The lowest BCUT2D eigenvalue weighted by Gasteiger charge is -2.47. The number of carbonyl (C=O) groups is 1. The SMILES string of the molecule is C=Nc1[nH]cc(-c2nc(NC3C4CCC(CC4)C3C(=O)O)c3cnn(C)c3n2)c1/C=C(\C)F. The third-order valence-electron chi connectivity index (χ3n) is 7.04. The smallest absolute Gasteiger partial charge is 0.308 e. The van der Waals surface area contributed by atoms with E-state index < -0.39 is 11.9 Å². The van der Waals surface area contributed by atoms with Crippen LogP contribution in [0.2, 0.25) is 0 Å². The maximum atomic E-state index is 13.8. The molecule has 2 unspecified atom stereocenters. The number of aliphatic imine (C=N–C) groups is 1. The van der Waals surface area contributed by atoms with Crippen molar-refractivity contribution in [1.82, 2.24) is 24.7 Å². The Kier molecular flexibility index (Phi) is 5.22. The number of anilines is 1. The number of carboxylic acids is 1. The molecule has 0 amide bonds. The van der Waals surface area contributed by atoms with Gasteiger partial charge in [-0.15, -0.1) is 0 Å². The molecule has 3 N–H and O–H groups in total. The number of nitrogens with zero attached hydrogens (tertiary/aromatic N) is 5. The molecule has 0 spiro atoms. The van der Waals surface area contributed by atoms with E-state index in [1.165, 1.54) is 13.0 Å². The van der Waals surface area contributed by atoms with Crippen LogP contribution < -0.4 is 5.32 Å². The van der Waals surface area contributed by atoms with Crippen LogP contribution in [0.25, 0.3) is 28.5 Å². The van der Waals surface area contributed by atoms with Gasteiger partial charge in [0.2, 0.25) is 0 Å². The highest BCUT2D eigenvalue weighted by molar-refractivity contribution is 5.90. The Morgan fingerprint density at radius 1 is 1.33 bits per heavy atom. The average molecular weight is 452 g/mol. The molecule has 6 rings (SSSR count). The van der Waals surface area contributed by atoms with Crippen molar-refractivity contribution in [3.05, 3.63) is 23.8 Å². The van der Waals surface area contributed by atoms with E-state index in [0.29, 0.717) is 39.6 Å². The minimum Gasteiger partial charge on any atom is -0.481 e. The van der Waals surface area contributed by atoms with Gasteiger partial charge in [-0.2, -0.15) is 5.10 Å². The normalized spacial score (nSPS) is 24.9. The molecule has 3 fully saturated rings. The lowest BCUT2D eigenvalue weighted by Crippen LogP contribution is -2.51. The molecule has 0 saturated heterocycles. The number of nitrogens with one attached hydrogen (secondary N) is 2. The van der Waals surface area contributed by atoms with Crippen molar-refractivity contribution in [3.63, 3.8) is 0 Å². The van der Waals surface area contributed by atoms with Crippen LogP contribution in [0.1, 0.15) is 38.2 Å². The van der Waals surface area contributed by atoms with E-state index in [-0.39, 0.29) is 23.7 Å². The zero-order valence-electron chi connectivity index (χ0n) is 18.5. The van der Waals surface area contributed by atoms with Gasteiger partial charge in [0.05, 0.1) is 23.3 Å². The van der Waals surface area contributed by atoms with Gasteiger partial charge in [-0.3, -0.25) is 9.48 Å². The number of aromatic nitrogens is 5. The summed E-state index contributed by atoms with van der Waals surface area (Å²) in [4.78, 5) is 28.5. The van der Waals surface area contributed by atoms with E-state index >= 15 is 0 Å². The molecule has 3 aromatic heterocycles. The van der Waals surface area contributed by atoms with E-state index in [0.717, 1.165) is 25.7 Å². The molecule has 3 aliphatic carbocycles. The van der Waals surface area contributed by atoms with E-state index in [1.807, 2.05) is 0 Å². The van der Waals surface area contributed by atoms with Crippen molar-refractivity contribution in [1.29, 1.82) is 0 Å². The van der Waals surface area contributed by atoms with Gasteiger partial charge in [0.15, 0.2) is 11.5 Å². The Balaban J connectivity index is 1.63. The van der Waals surface area contributed by atoms with Crippen LogP contribution in [0.15, 0.2) is 23.2 Å². The fourth-order valence-corrected chi connectivity index (χ4v) is 5.51. The minimum atomic E-state index is -0.767. The molecule has 3 heterocycles. The molecule has 2 bridgehead atoms. The van der Waals surface area contributed by atoms with E-state index in [2.05, 4.69) is 32.1 Å². The molecule has 3 aliphatic rings. The number of halogens is 1. The molecule has 3 saturated carbocycles. The summed E-state index contributed by atoms with van der Waals surface area (Å²) in [5.74, 6) is 0.150. The highest BCUT2D eigenvalue weighted by atomic mass is 19.1. The van der Waals surface area contributed by atoms with Gasteiger partial charge in [-0.25, -0.2) is 19.4 Å². The van der Waals surface area contributed by atoms with Crippen LogP contribution in [0, 0.1) is 17.8 Å². The molecule has 2 atom stereocenters. The summed E-state index contributed by atoms with van der Waals surface area (Å²) >= 11 is 0. The number of fused-ring (bicyclic) bond motifs is 4. The Morgan fingerprint density at radius 2 is 2.06 bits per heavy atom. The zero-order valence-corrected chi connectivity index (χ0v) is 18.5. The Morgan fingerprint density at radius 3 is 2.73 bits per heavy atom.